The van der Waals surface area contributed by atoms with Gasteiger partial charge in [0.05, 0.1) is 5.69 Å². The van der Waals surface area contributed by atoms with Crippen LogP contribution in [0.1, 0.15) is 10.4 Å². The Morgan fingerprint density at radius 3 is 2.76 bits per heavy atom. The van der Waals surface area contributed by atoms with E-state index in [0.29, 0.717) is 10.3 Å². The normalized spacial score (nSPS) is 10.6. The molecule has 0 spiro atoms. The predicted molar refractivity (Wildman–Crippen MR) is 78.3 cm³/mol. The fourth-order valence-electron chi connectivity index (χ4n) is 1.43. The molecule has 0 atom stereocenters. The molecule has 0 aromatic carbocycles. The number of nitrogens with one attached hydrogen (secondary N) is 1. The minimum absolute atomic E-state index is 0.408. The van der Waals surface area contributed by atoms with Crippen LogP contribution < -0.4 is 5.32 Å². The second-order valence-electron chi connectivity index (χ2n) is 3.51. The summed E-state index contributed by atoms with van der Waals surface area (Å²) in [6.45, 7) is 2.67. The maximum atomic E-state index is 6.04. The van der Waals surface area contributed by atoms with E-state index in [1.165, 1.54) is 4.88 Å². The summed E-state index contributed by atoms with van der Waals surface area (Å²) in [6, 6.07) is 3.87. The maximum absolute atomic E-state index is 6.04. The molecule has 0 fully saturated rings. The Morgan fingerprint density at radius 1 is 1.41 bits per heavy atom. The predicted octanol–water partition coefficient (Wildman–Crippen LogP) is 5.13. The van der Waals surface area contributed by atoms with Gasteiger partial charge in [-0.2, -0.15) is 0 Å². The first-order valence-electron chi connectivity index (χ1n) is 4.85. The van der Waals surface area contributed by atoms with Gasteiger partial charge in [0.15, 0.2) is 5.15 Å². The number of halogens is 3. The molecule has 2 nitrogen and oxygen atoms in total. The number of hydrogen-bond donors (Lipinski definition) is 1. The molecule has 0 amide bonds. The van der Waals surface area contributed by atoms with Gasteiger partial charge in [0.1, 0.15) is 5.15 Å². The minimum atomic E-state index is 0.408. The SMILES string of the molecule is Cc1cc(Cl)nc(Cl)c1NCc1cc(Br)cs1. The second kappa shape index (κ2) is 5.57. The smallest absolute Gasteiger partial charge is 0.154 e. The van der Waals surface area contributed by atoms with E-state index in [4.69, 9.17) is 23.2 Å². The number of rotatable bonds is 3. The van der Waals surface area contributed by atoms with Gasteiger partial charge in [-0.25, -0.2) is 4.98 Å². The van der Waals surface area contributed by atoms with Crippen LogP contribution in [0.5, 0.6) is 0 Å². The Bertz CT molecular complexity index is 519. The van der Waals surface area contributed by atoms with E-state index in [-0.39, 0.29) is 0 Å². The van der Waals surface area contributed by atoms with E-state index in [0.717, 1.165) is 22.3 Å². The van der Waals surface area contributed by atoms with E-state index >= 15 is 0 Å². The van der Waals surface area contributed by atoms with Crippen molar-refractivity contribution in [2.24, 2.45) is 0 Å². The summed E-state index contributed by atoms with van der Waals surface area (Å²) >= 11 is 17.0. The molecule has 2 heterocycles. The highest BCUT2D eigenvalue weighted by molar-refractivity contribution is 9.10. The molecule has 0 unspecified atom stereocenters. The zero-order valence-electron chi connectivity index (χ0n) is 8.93. The molecular formula is C11H9BrCl2N2S. The lowest BCUT2D eigenvalue weighted by Crippen LogP contribution is -2.01. The van der Waals surface area contributed by atoms with E-state index in [1.807, 2.05) is 12.3 Å². The van der Waals surface area contributed by atoms with Gasteiger partial charge in [-0.05, 0) is 40.5 Å². The number of aryl methyl sites for hydroxylation is 1. The molecule has 0 bridgehead atoms. The molecule has 1 N–H and O–H groups in total. The lowest BCUT2D eigenvalue weighted by molar-refractivity contribution is 1.15. The third kappa shape index (κ3) is 3.35. The molecule has 2 aromatic heterocycles. The van der Waals surface area contributed by atoms with Crippen LogP contribution in [-0.4, -0.2) is 4.98 Å². The van der Waals surface area contributed by atoms with Crippen molar-refractivity contribution >= 4 is 56.2 Å². The summed E-state index contributed by atoms with van der Waals surface area (Å²) in [6.07, 6.45) is 0. The topological polar surface area (TPSA) is 24.9 Å². The van der Waals surface area contributed by atoms with Crippen LogP contribution in [0.3, 0.4) is 0 Å². The van der Waals surface area contributed by atoms with Crippen molar-refractivity contribution < 1.29 is 0 Å². The highest BCUT2D eigenvalue weighted by atomic mass is 79.9. The van der Waals surface area contributed by atoms with Crippen molar-refractivity contribution in [3.05, 3.63) is 42.7 Å². The van der Waals surface area contributed by atoms with Crippen molar-refractivity contribution in [2.45, 2.75) is 13.5 Å². The lowest BCUT2D eigenvalue weighted by Gasteiger charge is -2.10. The van der Waals surface area contributed by atoms with Crippen molar-refractivity contribution in [3.8, 4) is 0 Å². The maximum Gasteiger partial charge on any atom is 0.154 e. The van der Waals surface area contributed by atoms with E-state index in [1.54, 1.807) is 17.4 Å². The summed E-state index contributed by atoms with van der Waals surface area (Å²) in [5.41, 5.74) is 1.83. The zero-order chi connectivity index (χ0) is 12.4. The van der Waals surface area contributed by atoms with E-state index in [2.05, 4.69) is 32.3 Å². The average Bonchev–Trinajstić information content (AvgIpc) is 2.62. The van der Waals surface area contributed by atoms with Crippen LogP contribution in [0.2, 0.25) is 10.3 Å². The van der Waals surface area contributed by atoms with Gasteiger partial charge in [0.2, 0.25) is 0 Å². The first-order chi connectivity index (χ1) is 8.06. The number of pyridine rings is 1. The molecule has 2 aromatic rings. The standard InChI is InChI=1S/C11H9BrCl2N2S/c1-6-2-9(13)16-11(14)10(6)15-4-8-3-7(12)5-17-8/h2-3,5,15H,4H2,1H3. The summed E-state index contributed by atoms with van der Waals surface area (Å²) < 4.78 is 1.09. The van der Waals surface area contributed by atoms with Crippen molar-refractivity contribution in [3.63, 3.8) is 0 Å². The third-order valence-corrected chi connectivity index (χ3v) is 4.37. The first kappa shape index (κ1) is 13.1. The Labute approximate surface area is 122 Å². The second-order valence-corrected chi connectivity index (χ2v) is 6.17. The molecule has 0 aliphatic rings. The Kier molecular flexibility index (Phi) is 4.31. The van der Waals surface area contributed by atoms with Crippen molar-refractivity contribution in [1.29, 1.82) is 0 Å². The van der Waals surface area contributed by atoms with Crippen LogP contribution in [0, 0.1) is 6.92 Å². The largest absolute Gasteiger partial charge is 0.377 e. The van der Waals surface area contributed by atoms with Crippen molar-refractivity contribution in [2.75, 3.05) is 5.32 Å². The van der Waals surface area contributed by atoms with Crippen LogP contribution in [0.15, 0.2) is 22.0 Å². The van der Waals surface area contributed by atoms with E-state index in [9.17, 15) is 0 Å². The Morgan fingerprint density at radius 2 is 2.18 bits per heavy atom. The van der Waals surface area contributed by atoms with Crippen LogP contribution in [0.25, 0.3) is 0 Å². The van der Waals surface area contributed by atoms with Crippen LogP contribution in [0.4, 0.5) is 5.69 Å². The van der Waals surface area contributed by atoms with Gasteiger partial charge >= 0.3 is 0 Å². The number of thiophene rings is 1. The molecule has 2 rings (SSSR count). The summed E-state index contributed by atoms with van der Waals surface area (Å²) in [7, 11) is 0. The molecule has 6 heteroatoms. The van der Waals surface area contributed by atoms with Gasteiger partial charge in [0, 0.05) is 21.3 Å². The van der Waals surface area contributed by atoms with Crippen molar-refractivity contribution in [1.82, 2.24) is 4.98 Å². The quantitative estimate of drug-likeness (QED) is 0.775. The zero-order valence-corrected chi connectivity index (χ0v) is 12.8. The van der Waals surface area contributed by atoms with E-state index < -0.39 is 0 Å². The fraction of sp³-hybridized carbons (Fsp3) is 0.182. The first-order valence-corrected chi connectivity index (χ1v) is 7.28. The highest BCUT2D eigenvalue weighted by Crippen LogP contribution is 2.28. The minimum Gasteiger partial charge on any atom is -0.377 e. The average molecular weight is 352 g/mol. The van der Waals surface area contributed by atoms with Crippen LogP contribution >= 0.6 is 50.5 Å². The molecule has 0 aliphatic carbocycles. The number of hydrogen-bond acceptors (Lipinski definition) is 3. The summed E-state index contributed by atoms with van der Waals surface area (Å²) in [5, 5.41) is 6.14. The Balaban J connectivity index is 2.14. The molecule has 0 saturated carbocycles. The molecule has 0 aliphatic heterocycles. The monoisotopic (exact) mass is 350 g/mol. The van der Waals surface area contributed by atoms with Gasteiger partial charge in [-0.15, -0.1) is 11.3 Å². The molecule has 0 radical (unpaired) electrons. The third-order valence-electron chi connectivity index (χ3n) is 2.20. The number of nitrogens with zero attached hydrogens (tertiary/aromatic N) is 1. The number of aromatic nitrogens is 1. The summed E-state index contributed by atoms with van der Waals surface area (Å²) in [4.78, 5) is 5.24. The van der Waals surface area contributed by atoms with Gasteiger partial charge in [0.25, 0.3) is 0 Å². The molecule has 17 heavy (non-hydrogen) atoms. The molecule has 0 saturated heterocycles. The van der Waals surface area contributed by atoms with Gasteiger partial charge < -0.3 is 5.32 Å². The molecular weight excluding hydrogens is 343 g/mol. The lowest BCUT2D eigenvalue weighted by atomic mass is 10.2. The van der Waals surface area contributed by atoms with Gasteiger partial charge in [-0.1, -0.05) is 23.2 Å². The Hall–Kier alpha value is -0.290. The highest BCUT2D eigenvalue weighted by Gasteiger charge is 2.07. The summed E-state index contributed by atoms with van der Waals surface area (Å²) in [5.74, 6) is 0. The fourth-order valence-corrected chi connectivity index (χ4v) is 3.42. The van der Waals surface area contributed by atoms with Gasteiger partial charge in [-0.3, -0.25) is 0 Å². The van der Waals surface area contributed by atoms with Crippen LogP contribution in [-0.2, 0) is 6.54 Å². The molecule has 90 valence electrons. The number of anilines is 1.